The molecule has 1 atom stereocenters. The fourth-order valence-electron chi connectivity index (χ4n) is 2.68. The second kappa shape index (κ2) is 7.23. The Morgan fingerprint density at radius 3 is 3.00 bits per heavy atom. The number of amides is 1. The molecule has 1 aliphatic rings. The van der Waals surface area contributed by atoms with Gasteiger partial charge in [-0.05, 0) is 31.5 Å². The minimum Gasteiger partial charge on any atom is -0.348 e. The van der Waals surface area contributed by atoms with Gasteiger partial charge in [0.05, 0.1) is 16.8 Å². The third kappa shape index (κ3) is 3.39. The minimum absolute atomic E-state index is 0.0628. The number of halogens is 3. The van der Waals surface area contributed by atoms with Crippen LogP contribution in [-0.4, -0.2) is 39.8 Å². The molecule has 0 aliphatic carbocycles. The van der Waals surface area contributed by atoms with E-state index in [4.69, 9.17) is 11.6 Å². The molecule has 0 radical (unpaired) electrons. The molecule has 0 unspecified atom stereocenters. The Balaban J connectivity index is 1.91. The van der Waals surface area contributed by atoms with E-state index in [1.54, 1.807) is 6.07 Å². The highest BCUT2D eigenvalue weighted by Gasteiger charge is 2.28. The Morgan fingerprint density at radius 2 is 2.33 bits per heavy atom. The predicted octanol–water partition coefficient (Wildman–Crippen LogP) is 2.34. The molecule has 128 valence electrons. The molecule has 2 N–H and O–H groups in total. The summed E-state index contributed by atoms with van der Waals surface area (Å²) < 4.78 is 28.0. The van der Waals surface area contributed by atoms with Gasteiger partial charge < -0.3 is 10.6 Å². The number of piperidine rings is 1. The van der Waals surface area contributed by atoms with Crippen molar-refractivity contribution in [3.63, 3.8) is 0 Å². The minimum atomic E-state index is -2.89. The van der Waals surface area contributed by atoms with Gasteiger partial charge in [-0.25, -0.2) is 18.4 Å². The summed E-state index contributed by atoms with van der Waals surface area (Å²) in [4.78, 5) is 16.4. The molecule has 3 rings (SSSR count). The van der Waals surface area contributed by atoms with Gasteiger partial charge in [-0.3, -0.25) is 4.79 Å². The number of rotatable bonds is 4. The van der Waals surface area contributed by atoms with Gasteiger partial charge in [0.2, 0.25) is 0 Å². The Hall–Kier alpha value is -2.06. The van der Waals surface area contributed by atoms with Crippen molar-refractivity contribution in [1.29, 1.82) is 0 Å². The number of nitrogens with one attached hydrogen (secondary N) is 2. The van der Waals surface area contributed by atoms with Crippen LogP contribution in [0.3, 0.4) is 0 Å². The maximum absolute atomic E-state index is 13.6. The molecule has 3 heterocycles. The zero-order chi connectivity index (χ0) is 17.1. The van der Waals surface area contributed by atoms with E-state index in [1.165, 1.54) is 12.3 Å². The van der Waals surface area contributed by atoms with E-state index in [1.807, 2.05) is 0 Å². The first-order valence-corrected chi connectivity index (χ1v) is 7.94. The number of carbonyl (C=O) groups excluding carboxylic acids is 1. The molecule has 2 aromatic rings. The fourth-order valence-corrected chi connectivity index (χ4v) is 2.88. The molecule has 0 aromatic carbocycles. The van der Waals surface area contributed by atoms with Crippen molar-refractivity contribution in [2.75, 3.05) is 13.1 Å². The van der Waals surface area contributed by atoms with Crippen molar-refractivity contribution in [3.05, 3.63) is 40.8 Å². The molecular formula is C15H16ClF2N5O. The Kier molecular flexibility index (Phi) is 5.06. The summed E-state index contributed by atoms with van der Waals surface area (Å²) in [6.45, 7) is 1.51. The van der Waals surface area contributed by atoms with Crippen LogP contribution in [0, 0.1) is 0 Å². The number of hydrogen-bond donors (Lipinski definition) is 2. The van der Waals surface area contributed by atoms with E-state index in [9.17, 15) is 13.6 Å². The van der Waals surface area contributed by atoms with Crippen molar-refractivity contribution in [1.82, 2.24) is 25.4 Å². The maximum atomic E-state index is 13.6. The zero-order valence-electron chi connectivity index (χ0n) is 12.7. The number of carbonyl (C=O) groups is 1. The smallest absolute Gasteiger partial charge is 0.281 e. The van der Waals surface area contributed by atoms with Crippen molar-refractivity contribution in [3.8, 4) is 5.82 Å². The lowest BCUT2D eigenvalue weighted by Crippen LogP contribution is -2.45. The Bertz CT molecular complexity index is 730. The van der Waals surface area contributed by atoms with Gasteiger partial charge in [0.1, 0.15) is 5.69 Å². The standard InChI is InChI=1S/C15H16ClF2N5O/c16-11-4-2-6-20-14(11)23-12(13(17)18)10(8-21-23)15(24)22-9-3-1-5-19-7-9/h2,4,6,8-9,13,19H,1,3,5,7H2,(H,22,24)/t9-/m0/s1. The summed E-state index contributed by atoms with van der Waals surface area (Å²) in [5, 5.41) is 9.99. The van der Waals surface area contributed by atoms with Gasteiger partial charge in [-0.2, -0.15) is 5.10 Å². The van der Waals surface area contributed by atoms with E-state index in [2.05, 4.69) is 20.7 Å². The molecule has 0 spiro atoms. The summed E-state index contributed by atoms with van der Waals surface area (Å²) in [6, 6.07) is 3.02. The van der Waals surface area contributed by atoms with Crippen LogP contribution in [0.4, 0.5) is 8.78 Å². The molecule has 24 heavy (non-hydrogen) atoms. The van der Waals surface area contributed by atoms with Crippen molar-refractivity contribution in [2.24, 2.45) is 0 Å². The third-order valence-electron chi connectivity index (χ3n) is 3.83. The van der Waals surface area contributed by atoms with E-state index in [0.717, 1.165) is 30.3 Å². The van der Waals surface area contributed by atoms with Crippen LogP contribution in [0.5, 0.6) is 0 Å². The van der Waals surface area contributed by atoms with Crippen LogP contribution in [0.15, 0.2) is 24.5 Å². The van der Waals surface area contributed by atoms with Gasteiger partial charge in [-0.1, -0.05) is 11.6 Å². The summed E-state index contributed by atoms with van der Waals surface area (Å²) in [5.74, 6) is -0.509. The zero-order valence-corrected chi connectivity index (χ0v) is 13.4. The van der Waals surface area contributed by atoms with E-state index < -0.39 is 18.0 Å². The molecule has 1 amide bonds. The highest BCUT2D eigenvalue weighted by Crippen LogP contribution is 2.27. The average Bonchev–Trinajstić information content (AvgIpc) is 3.01. The predicted molar refractivity (Wildman–Crippen MR) is 84.7 cm³/mol. The summed E-state index contributed by atoms with van der Waals surface area (Å²) >= 11 is 6.00. The number of pyridine rings is 1. The quantitative estimate of drug-likeness (QED) is 0.883. The van der Waals surface area contributed by atoms with Crippen LogP contribution in [0.2, 0.25) is 5.02 Å². The van der Waals surface area contributed by atoms with Gasteiger partial charge >= 0.3 is 0 Å². The Morgan fingerprint density at radius 1 is 1.50 bits per heavy atom. The highest BCUT2D eigenvalue weighted by molar-refractivity contribution is 6.32. The number of aromatic nitrogens is 3. The molecule has 1 fully saturated rings. The highest BCUT2D eigenvalue weighted by atomic mass is 35.5. The van der Waals surface area contributed by atoms with Gasteiger partial charge in [0.25, 0.3) is 12.3 Å². The normalized spacial score (nSPS) is 17.9. The summed E-state index contributed by atoms with van der Waals surface area (Å²) in [5.41, 5.74) is -0.686. The molecule has 6 nitrogen and oxygen atoms in total. The second-order valence-corrected chi connectivity index (χ2v) is 5.89. The van der Waals surface area contributed by atoms with Crippen molar-refractivity contribution in [2.45, 2.75) is 25.3 Å². The summed E-state index contributed by atoms with van der Waals surface area (Å²) in [6.07, 6.45) is 1.39. The molecular weight excluding hydrogens is 340 g/mol. The summed E-state index contributed by atoms with van der Waals surface area (Å²) in [7, 11) is 0. The molecule has 0 bridgehead atoms. The van der Waals surface area contributed by atoms with Gasteiger partial charge in [0, 0.05) is 18.8 Å². The lowest BCUT2D eigenvalue weighted by molar-refractivity contribution is 0.0915. The molecule has 9 heteroatoms. The number of nitrogens with zero attached hydrogens (tertiary/aromatic N) is 3. The van der Waals surface area contributed by atoms with E-state index in [-0.39, 0.29) is 22.4 Å². The number of hydrogen-bond acceptors (Lipinski definition) is 4. The Labute approximate surface area is 142 Å². The van der Waals surface area contributed by atoms with Crippen LogP contribution >= 0.6 is 11.6 Å². The lowest BCUT2D eigenvalue weighted by atomic mass is 10.1. The second-order valence-electron chi connectivity index (χ2n) is 5.48. The molecule has 0 saturated carbocycles. The average molecular weight is 356 g/mol. The van der Waals surface area contributed by atoms with Crippen molar-refractivity contribution < 1.29 is 13.6 Å². The third-order valence-corrected chi connectivity index (χ3v) is 4.12. The van der Waals surface area contributed by atoms with Crippen LogP contribution in [0.1, 0.15) is 35.3 Å². The first-order chi connectivity index (χ1) is 11.6. The maximum Gasteiger partial charge on any atom is 0.281 e. The topological polar surface area (TPSA) is 71.8 Å². The van der Waals surface area contributed by atoms with Crippen LogP contribution in [-0.2, 0) is 0 Å². The van der Waals surface area contributed by atoms with Crippen LogP contribution in [0.25, 0.3) is 5.82 Å². The lowest BCUT2D eigenvalue weighted by Gasteiger charge is -2.23. The van der Waals surface area contributed by atoms with Gasteiger partial charge in [0.15, 0.2) is 5.82 Å². The first kappa shape index (κ1) is 16.8. The SMILES string of the molecule is O=C(N[C@H]1CCCNC1)c1cnn(-c2ncccc2Cl)c1C(F)F. The molecule has 1 aliphatic heterocycles. The van der Waals surface area contributed by atoms with Crippen LogP contribution < -0.4 is 10.6 Å². The fraction of sp³-hybridized carbons (Fsp3) is 0.400. The van der Waals surface area contributed by atoms with E-state index in [0.29, 0.717) is 6.54 Å². The first-order valence-electron chi connectivity index (χ1n) is 7.56. The van der Waals surface area contributed by atoms with E-state index >= 15 is 0 Å². The monoisotopic (exact) mass is 355 g/mol. The van der Waals surface area contributed by atoms with Crippen molar-refractivity contribution >= 4 is 17.5 Å². The van der Waals surface area contributed by atoms with Gasteiger partial charge in [-0.15, -0.1) is 0 Å². The molecule has 2 aromatic heterocycles. The molecule has 1 saturated heterocycles. The number of alkyl halides is 2. The largest absolute Gasteiger partial charge is 0.348 e.